The molecule has 3 rings (SSSR count). The van der Waals surface area contributed by atoms with Gasteiger partial charge in [-0.2, -0.15) is 0 Å². The molecule has 6 heteroatoms. The third-order valence-corrected chi connectivity index (χ3v) is 4.29. The Kier molecular flexibility index (Phi) is 6.79. The van der Waals surface area contributed by atoms with Crippen LogP contribution in [0.15, 0.2) is 59.9 Å². The molecule has 3 aromatic rings. The van der Waals surface area contributed by atoms with E-state index in [4.69, 9.17) is 0 Å². The van der Waals surface area contributed by atoms with Gasteiger partial charge in [0.25, 0.3) is 0 Å². The minimum atomic E-state index is -0.194. The van der Waals surface area contributed by atoms with Crippen molar-refractivity contribution in [3.8, 4) is 0 Å². The average Bonchev–Trinajstić information content (AvgIpc) is 3.08. The van der Waals surface area contributed by atoms with Crippen LogP contribution in [0.1, 0.15) is 18.9 Å². The van der Waals surface area contributed by atoms with Crippen molar-refractivity contribution >= 4 is 17.0 Å². The Morgan fingerprint density at radius 1 is 1.15 bits per heavy atom. The van der Waals surface area contributed by atoms with Crippen molar-refractivity contribution in [2.24, 2.45) is 4.99 Å². The summed E-state index contributed by atoms with van der Waals surface area (Å²) in [5, 5.41) is 6.56. The molecule has 0 saturated carbocycles. The third kappa shape index (κ3) is 5.54. The van der Waals surface area contributed by atoms with Gasteiger partial charge in [0.2, 0.25) is 0 Å². The Hall–Kier alpha value is -2.89. The maximum absolute atomic E-state index is 13.2. The van der Waals surface area contributed by atoms with Crippen molar-refractivity contribution < 1.29 is 4.39 Å². The van der Waals surface area contributed by atoms with Crippen LogP contribution in [-0.2, 0) is 13.0 Å². The summed E-state index contributed by atoms with van der Waals surface area (Å²) in [6, 6.07) is 14.9. The summed E-state index contributed by atoms with van der Waals surface area (Å²) < 4.78 is 15.4. The zero-order valence-electron chi connectivity index (χ0n) is 15.7. The number of benzene rings is 2. The fraction of sp³-hybridized carbons (Fsp3) is 0.333. The van der Waals surface area contributed by atoms with Gasteiger partial charge >= 0.3 is 0 Å². The maximum Gasteiger partial charge on any atom is 0.191 e. The topological polar surface area (TPSA) is 54.2 Å². The molecule has 0 atom stereocenters. The van der Waals surface area contributed by atoms with E-state index >= 15 is 0 Å². The van der Waals surface area contributed by atoms with E-state index in [9.17, 15) is 4.39 Å². The average molecular weight is 367 g/mol. The molecule has 0 radical (unpaired) electrons. The van der Waals surface area contributed by atoms with Crippen molar-refractivity contribution in [3.05, 3.63) is 66.2 Å². The molecule has 0 fully saturated rings. The number of aryl methyl sites for hydroxylation is 1. The lowest BCUT2D eigenvalue weighted by atomic mass is 10.1. The van der Waals surface area contributed by atoms with Crippen molar-refractivity contribution in [3.63, 3.8) is 0 Å². The van der Waals surface area contributed by atoms with Gasteiger partial charge in [-0.1, -0.05) is 24.3 Å². The predicted molar refractivity (Wildman–Crippen MR) is 108 cm³/mol. The highest BCUT2D eigenvalue weighted by atomic mass is 19.1. The highest BCUT2D eigenvalue weighted by Crippen LogP contribution is 2.12. The number of aromatic nitrogens is 2. The number of nitrogens with one attached hydrogen (secondary N) is 2. The zero-order valence-corrected chi connectivity index (χ0v) is 15.7. The van der Waals surface area contributed by atoms with Crippen LogP contribution in [0, 0.1) is 5.82 Å². The number of rotatable bonds is 8. The minimum absolute atomic E-state index is 0.194. The van der Waals surface area contributed by atoms with Gasteiger partial charge in [0.15, 0.2) is 5.96 Å². The summed E-state index contributed by atoms with van der Waals surface area (Å²) in [4.78, 5) is 9.04. The van der Waals surface area contributed by atoms with Gasteiger partial charge in [-0.25, -0.2) is 9.37 Å². The molecule has 0 amide bonds. The first-order chi connectivity index (χ1) is 13.3. The summed E-state index contributed by atoms with van der Waals surface area (Å²) >= 11 is 0. The highest BCUT2D eigenvalue weighted by molar-refractivity contribution is 5.79. The Morgan fingerprint density at radius 2 is 2.04 bits per heavy atom. The normalized spacial score (nSPS) is 11.7. The lowest BCUT2D eigenvalue weighted by Gasteiger charge is -2.11. The van der Waals surface area contributed by atoms with E-state index in [0.29, 0.717) is 6.54 Å². The molecule has 5 nitrogen and oxygen atoms in total. The Morgan fingerprint density at radius 3 is 2.89 bits per heavy atom. The molecule has 0 aliphatic carbocycles. The van der Waals surface area contributed by atoms with Crippen molar-refractivity contribution in [1.82, 2.24) is 20.2 Å². The molecule has 27 heavy (non-hydrogen) atoms. The predicted octanol–water partition coefficient (Wildman–Crippen LogP) is 3.36. The number of hydrogen-bond donors (Lipinski definition) is 2. The first-order valence-electron chi connectivity index (χ1n) is 9.43. The van der Waals surface area contributed by atoms with Crippen LogP contribution >= 0.6 is 0 Å². The molecule has 0 aliphatic rings. The van der Waals surface area contributed by atoms with Gasteiger partial charge in [0.1, 0.15) is 5.82 Å². The Labute approximate surface area is 159 Å². The standard InChI is InChI=1S/C21H26FN5/c1-2-23-21(25-13-11-17-7-5-8-18(22)15-17)24-12-6-14-27-16-26-19-9-3-4-10-20(19)27/h3-5,7-10,15-16H,2,6,11-14H2,1H3,(H2,23,24,25). The quantitative estimate of drug-likeness (QED) is 0.365. The number of hydrogen-bond acceptors (Lipinski definition) is 2. The van der Waals surface area contributed by atoms with Crippen molar-refractivity contribution in [2.75, 3.05) is 19.6 Å². The SMILES string of the molecule is CCNC(=NCCCn1cnc2ccccc21)NCCc1cccc(F)c1. The third-order valence-electron chi connectivity index (χ3n) is 4.29. The van der Waals surface area contributed by atoms with E-state index in [1.807, 2.05) is 37.5 Å². The molecule has 0 bridgehead atoms. The molecule has 0 unspecified atom stereocenters. The zero-order chi connectivity index (χ0) is 18.9. The van der Waals surface area contributed by atoms with Crippen LogP contribution < -0.4 is 10.6 Å². The Balaban J connectivity index is 1.47. The molecule has 142 valence electrons. The lowest BCUT2D eigenvalue weighted by Crippen LogP contribution is -2.38. The summed E-state index contributed by atoms with van der Waals surface area (Å²) in [5.74, 6) is 0.601. The Bertz CT molecular complexity index is 887. The van der Waals surface area contributed by atoms with Gasteiger partial charge < -0.3 is 15.2 Å². The molecule has 1 heterocycles. The van der Waals surface area contributed by atoms with Crippen LogP contribution in [0.5, 0.6) is 0 Å². The number of nitrogens with zero attached hydrogens (tertiary/aromatic N) is 3. The first-order valence-corrected chi connectivity index (χ1v) is 9.43. The smallest absolute Gasteiger partial charge is 0.191 e. The molecule has 0 aliphatic heterocycles. The fourth-order valence-electron chi connectivity index (χ4n) is 2.98. The van der Waals surface area contributed by atoms with Gasteiger partial charge in [-0.05, 0) is 49.6 Å². The van der Waals surface area contributed by atoms with Crippen LogP contribution in [0.4, 0.5) is 4.39 Å². The van der Waals surface area contributed by atoms with E-state index in [2.05, 4.69) is 31.2 Å². The molecule has 2 aromatic carbocycles. The molecule has 1 aromatic heterocycles. The number of guanidine groups is 1. The second-order valence-electron chi connectivity index (χ2n) is 6.35. The van der Waals surface area contributed by atoms with Crippen LogP contribution in [0.2, 0.25) is 0 Å². The summed E-state index contributed by atoms with van der Waals surface area (Å²) in [6.07, 6.45) is 3.57. The minimum Gasteiger partial charge on any atom is -0.357 e. The van der Waals surface area contributed by atoms with Gasteiger partial charge in [0, 0.05) is 26.2 Å². The molecular weight excluding hydrogens is 341 g/mol. The van der Waals surface area contributed by atoms with E-state index < -0.39 is 0 Å². The summed E-state index contributed by atoms with van der Waals surface area (Å²) in [7, 11) is 0. The largest absolute Gasteiger partial charge is 0.357 e. The van der Waals surface area contributed by atoms with Crippen LogP contribution in [0.25, 0.3) is 11.0 Å². The number of imidazole rings is 1. The summed E-state index contributed by atoms with van der Waals surface area (Å²) in [5.41, 5.74) is 3.15. The molecule has 0 saturated heterocycles. The monoisotopic (exact) mass is 367 g/mol. The van der Waals surface area contributed by atoms with Crippen molar-refractivity contribution in [2.45, 2.75) is 26.3 Å². The maximum atomic E-state index is 13.2. The van der Waals surface area contributed by atoms with E-state index in [1.165, 1.54) is 6.07 Å². The van der Waals surface area contributed by atoms with E-state index in [0.717, 1.165) is 55.0 Å². The van der Waals surface area contributed by atoms with E-state index in [1.54, 1.807) is 12.1 Å². The molecule has 0 spiro atoms. The second-order valence-corrected chi connectivity index (χ2v) is 6.35. The van der Waals surface area contributed by atoms with Gasteiger partial charge in [-0.15, -0.1) is 0 Å². The van der Waals surface area contributed by atoms with Gasteiger partial charge in [0.05, 0.1) is 17.4 Å². The number of aliphatic imine (C=N–C) groups is 1. The molecular formula is C21H26FN5. The van der Waals surface area contributed by atoms with Crippen LogP contribution in [-0.4, -0.2) is 35.1 Å². The first kappa shape index (κ1) is 18.9. The van der Waals surface area contributed by atoms with E-state index in [-0.39, 0.29) is 5.82 Å². The number of para-hydroxylation sites is 2. The van der Waals surface area contributed by atoms with Crippen LogP contribution in [0.3, 0.4) is 0 Å². The second kappa shape index (κ2) is 9.71. The lowest BCUT2D eigenvalue weighted by molar-refractivity contribution is 0.625. The number of halogens is 1. The summed E-state index contributed by atoms with van der Waals surface area (Å²) in [6.45, 7) is 5.16. The van der Waals surface area contributed by atoms with Gasteiger partial charge in [-0.3, -0.25) is 4.99 Å². The van der Waals surface area contributed by atoms with Crippen molar-refractivity contribution in [1.29, 1.82) is 0 Å². The highest BCUT2D eigenvalue weighted by Gasteiger charge is 2.02. The fourth-order valence-corrected chi connectivity index (χ4v) is 2.98. The molecule has 2 N–H and O–H groups in total. The number of fused-ring (bicyclic) bond motifs is 1.